The van der Waals surface area contributed by atoms with Crippen molar-refractivity contribution in [2.45, 2.75) is 12.8 Å². The van der Waals surface area contributed by atoms with Crippen LogP contribution in [-0.2, 0) is 12.8 Å². The molecule has 0 atom stereocenters. The van der Waals surface area contributed by atoms with Crippen LogP contribution in [0.1, 0.15) is 22.7 Å². The number of fused-ring (bicyclic) bond motifs is 1. The minimum Gasteiger partial charge on any atom is -0.469 e. The molecule has 9 heteroatoms. The zero-order chi connectivity index (χ0) is 22.9. The number of imidazole rings is 1. The van der Waals surface area contributed by atoms with Crippen molar-refractivity contribution in [2.24, 2.45) is 0 Å². The van der Waals surface area contributed by atoms with E-state index in [2.05, 4.69) is 9.97 Å². The van der Waals surface area contributed by atoms with E-state index in [0.717, 1.165) is 11.6 Å². The van der Waals surface area contributed by atoms with Crippen LogP contribution in [-0.4, -0.2) is 19.5 Å². The molecule has 0 saturated carbocycles. The van der Waals surface area contributed by atoms with Crippen LogP contribution in [0, 0.1) is 15.9 Å². The molecule has 2 aliphatic heterocycles. The van der Waals surface area contributed by atoms with E-state index in [4.69, 9.17) is 4.42 Å². The van der Waals surface area contributed by atoms with Crippen LogP contribution in [0.25, 0.3) is 17.1 Å². The molecule has 0 saturated heterocycles. The lowest BCUT2D eigenvalue weighted by Gasteiger charge is -2.13. The van der Waals surface area contributed by atoms with Crippen LogP contribution < -0.4 is 5.56 Å². The number of nitro groups is 1. The van der Waals surface area contributed by atoms with E-state index in [1.165, 1.54) is 29.2 Å². The maximum absolute atomic E-state index is 14.9. The predicted octanol–water partition coefficient (Wildman–Crippen LogP) is 4.49. The zero-order valence-corrected chi connectivity index (χ0v) is 17.2. The molecule has 5 rings (SSSR count). The normalized spacial score (nSPS) is 11.2. The summed E-state index contributed by atoms with van der Waals surface area (Å²) in [4.78, 5) is 31.3. The lowest BCUT2D eigenvalue weighted by molar-refractivity contribution is -0.387. The molecule has 3 heterocycles. The number of rotatable bonds is 6. The van der Waals surface area contributed by atoms with Gasteiger partial charge in [0, 0.05) is 24.2 Å². The van der Waals surface area contributed by atoms with Gasteiger partial charge >= 0.3 is 5.69 Å². The highest BCUT2D eigenvalue weighted by Crippen LogP contribution is 2.30. The summed E-state index contributed by atoms with van der Waals surface area (Å²) in [5, 5.41) is 11.2. The monoisotopic (exact) mass is 444 g/mol. The first kappa shape index (κ1) is 20.4. The summed E-state index contributed by atoms with van der Waals surface area (Å²) in [6.07, 6.45) is 3.55. The molecular weight excluding hydrogens is 427 g/mol. The highest BCUT2D eigenvalue weighted by atomic mass is 19.1. The Balaban J connectivity index is 1.70. The SMILES string of the molecule is O=c1c(Cc2ccco2)nc2c(Cc3ccccc3)[nH]c(-c3cccc([N+](=O)[O-])c3F)cn1-2. The van der Waals surface area contributed by atoms with Crippen molar-refractivity contribution >= 4 is 5.69 Å². The summed E-state index contributed by atoms with van der Waals surface area (Å²) in [7, 11) is 0. The van der Waals surface area contributed by atoms with Crippen LogP contribution in [0.3, 0.4) is 0 Å². The maximum atomic E-state index is 14.9. The highest BCUT2D eigenvalue weighted by molar-refractivity contribution is 5.64. The minimum absolute atomic E-state index is 0.0129. The number of nitrogens with zero attached hydrogens (tertiary/aromatic N) is 3. The van der Waals surface area contributed by atoms with Crippen molar-refractivity contribution < 1.29 is 13.7 Å². The first-order valence-electron chi connectivity index (χ1n) is 10.1. The second-order valence-corrected chi connectivity index (χ2v) is 7.52. The van der Waals surface area contributed by atoms with Crippen LogP contribution >= 0.6 is 0 Å². The summed E-state index contributed by atoms with van der Waals surface area (Å²) in [6.45, 7) is 0. The number of nitro benzene ring substituents is 1. The summed E-state index contributed by atoms with van der Waals surface area (Å²) < 4.78 is 21.6. The Morgan fingerprint density at radius 2 is 1.88 bits per heavy atom. The Hall–Kier alpha value is -4.53. The van der Waals surface area contributed by atoms with Gasteiger partial charge in [0.2, 0.25) is 5.82 Å². The fraction of sp³-hybridized carbons (Fsp3) is 0.0833. The third-order valence-electron chi connectivity index (χ3n) is 5.36. The fourth-order valence-corrected chi connectivity index (χ4v) is 3.80. The van der Waals surface area contributed by atoms with Crippen LogP contribution in [0.5, 0.6) is 0 Å². The van der Waals surface area contributed by atoms with Crippen LogP contribution in [0.4, 0.5) is 10.1 Å². The average molecular weight is 444 g/mol. The quantitative estimate of drug-likeness (QED) is 0.307. The number of halogens is 1. The number of aromatic nitrogens is 3. The van der Waals surface area contributed by atoms with E-state index in [1.54, 1.807) is 12.1 Å². The van der Waals surface area contributed by atoms with E-state index in [0.29, 0.717) is 23.7 Å². The van der Waals surface area contributed by atoms with Crippen molar-refractivity contribution in [2.75, 3.05) is 0 Å². The molecule has 0 fully saturated rings. The molecule has 2 aromatic carbocycles. The predicted molar refractivity (Wildman–Crippen MR) is 118 cm³/mol. The number of H-pyrrole nitrogens is 1. The minimum atomic E-state index is -0.980. The van der Waals surface area contributed by atoms with Gasteiger partial charge in [0.1, 0.15) is 11.5 Å². The Kier molecular flexibility index (Phi) is 5.06. The molecule has 3 aromatic rings. The lowest BCUT2D eigenvalue weighted by atomic mass is 10.1. The Morgan fingerprint density at radius 1 is 1.06 bits per heavy atom. The second-order valence-electron chi connectivity index (χ2n) is 7.52. The highest BCUT2D eigenvalue weighted by Gasteiger charge is 2.24. The van der Waals surface area contributed by atoms with E-state index in [9.17, 15) is 19.3 Å². The van der Waals surface area contributed by atoms with Gasteiger partial charge in [-0.25, -0.2) is 4.98 Å². The summed E-state index contributed by atoms with van der Waals surface area (Å²) in [5.41, 5.74) is 1.02. The van der Waals surface area contributed by atoms with E-state index < -0.39 is 16.4 Å². The van der Waals surface area contributed by atoms with Gasteiger partial charge in [-0.15, -0.1) is 0 Å². The molecule has 0 amide bonds. The third kappa shape index (κ3) is 3.80. The molecule has 33 heavy (non-hydrogen) atoms. The van der Waals surface area contributed by atoms with Crippen molar-refractivity contribution in [3.05, 3.63) is 122 Å². The Labute approximate surface area is 186 Å². The van der Waals surface area contributed by atoms with E-state index in [-0.39, 0.29) is 28.9 Å². The standard InChI is InChI=1S/C24H17FN4O4/c25-22-17(9-4-10-21(22)29(31)32)20-14-28-23(18(26-20)12-15-6-2-1-3-7-15)27-19(24(28)30)13-16-8-5-11-33-16/h1-11,14,26H,12-13H2. The molecule has 0 aliphatic carbocycles. The fourth-order valence-electron chi connectivity index (χ4n) is 3.80. The largest absolute Gasteiger partial charge is 0.469 e. The van der Waals surface area contributed by atoms with Gasteiger partial charge in [0.15, 0.2) is 5.82 Å². The van der Waals surface area contributed by atoms with Gasteiger partial charge < -0.3 is 9.40 Å². The second kappa shape index (κ2) is 8.19. The summed E-state index contributed by atoms with van der Waals surface area (Å²) >= 11 is 0. The molecular formula is C24H17FN4O4. The molecule has 164 valence electrons. The number of aromatic amines is 1. The number of nitrogens with one attached hydrogen (secondary N) is 1. The molecule has 0 radical (unpaired) electrons. The molecule has 8 nitrogen and oxygen atoms in total. The van der Waals surface area contributed by atoms with Gasteiger partial charge in [-0.3, -0.25) is 19.5 Å². The Morgan fingerprint density at radius 3 is 2.61 bits per heavy atom. The average Bonchev–Trinajstić information content (AvgIpc) is 3.43. The van der Waals surface area contributed by atoms with Gasteiger partial charge in [-0.2, -0.15) is 4.39 Å². The van der Waals surface area contributed by atoms with Crippen molar-refractivity contribution in [3.63, 3.8) is 0 Å². The zero-order valence-electron chi connectivity index (χ0n) is 17.2. The van der Waals surface area contributed by atoms with Gasteiger partial charge in [-0.05, 0) is 23.8 Å². The van der Waals surface area contributed by atoms with E-state index >= 15 is 0 Å². The molecule has 2 aliphatic rings. The number of benzene rings is 2. The van der Waals surface area contributed by atoms with Crippen LogP contribution in [0.15, 0.2) is 82.3 Å². The lowest BCUT2D eigenvalue weighted by Crippen LogP contribution is -2.18. The smallest absolute Gasteiger partial charge is 0.305 e. The van der Waals surface area contributed by atoms with Crippen molar-refractivity contribution in [1.82, 2.24) is 14.5 Å². The van der Waals surface area contributed by atoms with Gasteiger partial charge in [0.25, 0.3) is 5.56 Å². The van der Waals surface area contributed by atoms with Crippen LogP contribution in [0.2, 0.25) is 0 Å². The molecule has 1 N–H and O–H groups in total. The van der Waals surface area contributed by atoms with Crippen molar-refractivity contribution in [3.8, 4) is 17.1 Å². The van der Waals surface area contributed by atoms with Gasteiger partial charge in [-0.1, -0.05) is 36.4 Å². The topological polar surface area (TPSA) is 107 Å². The molecule has 1 aromatic heterocycles. The maximum Gasteiger partial charge on any atom is 0.305 e. The van der Waals surface area contributed by atoms with E-state index in [1.807, 2.05) is 30.3 Å². The Bertz CT molecular complexity index is 1470. The molecule has 0 spiro atoms. The molecule has 0 unspecified atom stereocenters. The number of furan rings is 1. The van der Waals surface area contributed by atoms with Gasteiger partial charge in [0.05, 0.1) is 29.0 Å². The van der Waals surface area contributed by atoms with Crippen molar-refractivity contribution in [1.29, 1.82) is 0 Å². The summed E-state index contributed by atoms with van der Waals surface area (Å²) in [5.74, 6) is 0.0150. The first-order chi connectivity index (χ1) is 16.0. The third-order valence-corrected chi connectivity index (χ3v) is 5.36. The first-order valence-corrected chi connectivity index (χ1v) is 10.1. The summed E-state index contributed by atoms with van der Waals surface area (Å²) in [6, 6.07) is 16.9. The number of hydrogen-bond acceptors (Lipinski definition) is 5. The number of hydrogen-bond donors (Lipinski definition) is 1. The molecule has 0 bridgehead atoms.